The number of carbonyl (C=O) groups excluding carboxylic acids is 1. The zero-order chi connectivity index (χ0) is 22.1. The largest absolute Gasteiger partial charge is 0.505 e. The number of amides is 1. The van der Waals surface area contributed by atoms with Crippen LogP contribution in [0.1, 0.15) is 36.2 Å². The molecule has 1 unspecified atom stereocenters. The molecule has 1 fully saturated rings. The number of carboxylic acids is 1. The predicted octanol–water partition coefficient (Wildman–Crippen LogP) is 0.473. The number of hydrogen-bond donors (Lipinski definition) is 3. The highest BCUT2D eigenvalue weighted by molar-refractivity contribution is 5.95. The molecule has 2 aliphatic carbocycles. The zero-order valence-corrected chi connectivity index (χ0v) is 16.5. The van der Waals surface area contributed by atoms with Crippen LogP contribution in [0.15, 0.2) is 30.7 Å². The number of aromatic nitrogens is 2. The van der Waals surface area contributed by atoms with E-state index in [0.717, 1.165) is 6.42 Å². The number of nitriles is 1. The number of rotatable bonds is 6. The predicted molar refractivity (Wildman–Crippen MR) is 108 cm³/mol. The third-order valence-corrected chi connectivity index (χ3v) is 5.81. The minimum atomic E-state index is -1.30. The lowest BCUT2D eigenvalue weighted by Crippen LogP contribution is -2.48. The molecule has 2 heterocycles. The number of carbonyl (C=O) groups is 2. The van der Waals surface area contributed by atoms with Gasteiger partial charge >= 0.3 is 5.97 Å². The summed E-state index contributed by atoms with van der Waals surface area (Å²) in [5.74, 6) is -1.48. The normalized spacial score (nSPS) is 20.6. The minimum Gasteiger partial charge on any atom is -0.505 e. The standard InChI is InChI=1S/C22H20N4O5/c23-12-22(31-15-3-1-8-24-11-15)7-4-16-14(9-22)10-25-17(18(16)27)19(28)26-13-21(20(29)30)5-2-6-21/h1,3-4,8-11,27H,2,5-7,13H2,(H,26,28)(H,29,30). The molecule has 0 radical (unpaired) electrons. The van der Waals surface area contributed by atoms with E-state index in [2.05, 4.69) is 21.4 Å². The number of nitrogens with one attached hydrogen (secondary N) is 1. The summed E-state index contributed by atoms with van der Waals surface area (Å²) < 4.78 is 5.83. The molecule has 4 rings (SSSR count). The number of aromatic hydroxyl groups is 1. The van der Waals surface area contributed by atoms with Crippen LogP contribution in [0.2, 0.25) is 0 Å². The smallest absolute Gasteiger partial charge is 0.311 e. The van der Waals surface area contributed by atoms with Gasteiger partial charge < -0.3 is 20.3 Å². The van der Waals surface area contributed by atoms with E-state index in [1.54, 1.807) is 30.5 Å². The summed E-state index contributed by atoms with van der Waals surface area (Å²) in [4.78, 5) is 32.0. The van der Waals surface area contributed by atoms with E-state index < -0.39 is 22.9 Å². The van der Waals surface area contributed by atoms with Crippen molar-refractivity contribution in [2.24, 2.45) is 5.41 Å². The minimum absolute atomic E-state index is 0.0221. The van der Waals surface area contributed by atoms with E-state index in [1.807, 2.05) is 0 Å². The van der Waals surface area contributed by atoms with E-state index in [9.17, 15) is 25.1 Å². The van der Waals surface area contributed by atoms with Crippen LogP contribution in [-0.4, -0.2) is 44.2 Å². The van der Waals surface area contributed by atoms with Crippen LogP contribution in [0.3, 0.4) is 0 Å². The Hall–Kier alpha value is -3.93. The SMILES string of the molecule is N#CC1(Oc2cccnc2)C=c2cnc(C(=O)NCC3(C(=O)O)CCC3)c(O)c2=CC1. The molecule has 0 aliphatic heterocycles. The summed E-state index contributed by atoms with van der Waals surface area (Å²) in [7, 11) is 0. The summed E-state index contributed by atoms with van der Waals surface area (Å²) in [6, 6.07) is 5.52. The number of carboxylic acid groups (broad SMARTS) is 1. The van der Waals surface area contributed by atoms with Gasteiger partial charge in [0.05, 0.1) is 11.6 Å². The van der Waals surface area contributed by atoms with Crippen LogP contribution in [0, 0.1) is 16.7 Å². The van der Waals surface area contributed by atoms with Crippen molar-refractivity contribution < 1.29 is 24.5 Å². The highest BCUT2D eigenvalue weighted by atomic mass is 16.5. The van der Waals surface area contributed by atoms with Crippen molar-refractivity contribution in [3.05, 3.63) is 46.9 Å². The molecule has 31 heavy (non-hydrogen) atoms. The molecule has 158 valence electrons. The topological polar surface area (TPSA) is 145 Å². The van der Waals surface area contributed by atoms with Gasteiger partial charge in [-0.05, 0) is 31.1 Å². The first-order valence-corrected chi connectivity index (χ1v) is 9.81. The number of nitrogens with zero attached hydrogens (tertiary/aromatic N) is 3. The zero-order valence-electron chi connectivity index (χ0n) is 16.5. The maximum atomic E-state index is 12.6. The van der Waals surface area contributed by atoms with Crippen molar-refractivity contribution in [1.29, 1.82) is 5.26 Å². The fourth-order valence-corrected chi connectivity index (χ4v) is 3.78. The van der Waals surface area contributed by atoms with Crippen LogP contribution < -0.4 is 20.5 Å². The second-order valence-corrected chi connectivity index (χ2v) is 7.79. The maximum Gasteiger partial charge on any atom is 0.311 e. The summed E-state index contributed by atoms with van der Waals surface area (Å²) >= 11 is 0. The third-order valence-electron chi connectivity index (χ3n) is 5.81. The number of pyridine rings is 2. The average molecular weight is 420 g/mol. The molecule has 9 nitrogen and oxygen atoms in total. The van der Waals surface area contributed by atoms with E-state index >= 15 is 0 Å². The van der Waals surface area contributed by atoms with Gasteiger partial charge in [0, 0.05) is 35.8 Å². The molecule has 1 amide bonds. The number of fused-ring (bicyclic) bond motifs is 1. The first-order chi connectivity index (χ1) is 14.9. The fraction of sp³-hybridized carbons (Fsp3) is 0.318. The lowest BCUT2D eigenvalue weighted by molar-refractivity contribution is -0.153. The van der Waals surface area contributed by atoms with Crippen LogP contribution >= 0.6 is 0 Å². The Balaban J connectivity index is 1.59. The first-order valence-electron chi connectivity index (χ1n) is 9.81. The summed E-state index contributed by atoms with van der Waals surface area (Å²) in [6.45, 7) is -0.0221. The molecule has 0 bridgehead atoms. The van der Waals surface area contributed by atoms with Gasteiger partial charge in [0.2, 0.25) is 5.60 Å². The molecule has 1 saturated carbocycles. The Morgan fingerprint density at radius 2 is 2.13 bits per heavy atom. The highest BCUT2D eigenvalue weighted by Crippen LogP contribution is 2.40. The number of ether oxygens (including phenoxy) is 1. The Labute approximate surface area is 177 Å². The first kappa shape index (κ1) is 20.3. The Morgan fingerprint density at radius 1 is 1.32 bits per heavy atom. The molecule has 3 N–H and O–H groups in total. The molecule has 1 atom stereocenters. The second-order valence-electron chi connectivity index (χ2n) is 7.79. The monoisotopic (exact) mass is 420 g/mol. The van der Waals surface area contributed by atoms with Gasteiger partial charge in [-0.15, -0.1) is 0 Å². The van der Waals surface area contributed by atoms with Gasteiger partial charge in [0.25, 0.3) is 5.91 Å². The number of aliphatic carboxylic acids is 1. The Morgan fingerprint density at radius 3 is 2.74 bits per heavy atom. The third kappa shape index (κ3) is 3.68. The summed E-state index contributed by atoms with van der Waals surface area (Å²) in [5.41, 5.74) is -2.44. The molecule has 2 aromatic heterocycles. The van der Waals surface area contributed by atoms with E-state index in [1.165, 1.54) is 12.4 Å². The average Bonchev–Trinajstić information content (AvgIpc) is 2.73. The quantitative estimate of drug-likeness (QED) is 0.611. The molecular weight excluding hydrogens is 400 g/mol. The lowest BCUT2D eigenvalue weighted by Gasteiger charge is -2.37. The molecule has 0 saturated heterocycles. The summed E-state index contributed by atoms with van der Waals surface area (Å²) in [6.07, 6.45) is 9.60. The van der Waals surface area contributed by atoms with Crippen molar-refractivity contribution >= 4 is 24.0 Å². The van der Waals surface area contributed by atoms with E-state index in [0.29, 0.717) is 29.0 Å². The van der Waals surface area contributed by atoms with E-state index in [4.69, 9.17) is 4.74 Å². The van der Waals surface area contributed by atoms with Gasteiger partial charge in [-0.3, -0.25) is 14.6 Å². The van der Waals surface area contributed by atoms with E-state index in [-0.39, 0.29) is 24.4 Å². The fourth-order valence-electron chi connectivity index (χ4n) is 3.78. The van der Waals surface area contributed by atoms with Crippen molar-refractivity contribution in [2.45, 2.75) is 31.3 Å². The van der Waals surface area contributed by atoms with Crippen molar-refractivity contribution in [2.75, 3.05) is 6.54 Å². The highest BCUT2D eigenvalue weighted by Gasteiger charge is 2.44. The van der Waals surface area contributed by atoms with Gasteiger partial charge in [0.15, 0.2) is 11.4 Å². The van der Waals surface area contributed by atoms with Gasteiger partial charge in [-0.2, -0.15) is 5.26 Å². The Kier molecular flexibility index (Phi) is 5.07. The van der Waals surface area contributed by atoms with Crippen molar-refractivity contribution in [3.8, 4) is 17.6 Å². The second kappa shape index (κ2) is 7.72. The summed E-state index contributed by atoms with van der Waals surface area (Å²) in [5, 5.41) is 33.1. The van der Waals surface area contributed by atoms with Crippen LogP contribution in [0.5, 0.6) is 11.5 Å². The van der Waals surface area contributed by atoms with Gasteiger partial charge in [-0.1, -0.05) is 12.5 Å². The molecule has 0 aromatic carbocycles. The van der Waals surface area contributed by atoms with Crippen LogP contribution in [0.25, 0.3) is 12.2 Å². The Bertz CT molecular complexity index is 1200. The lowest BCUT2D eigenvalue weighted by atomic mass is 9.69. The molecular formula is C22H20N4O5. The number of hydrogen-bond acceptors (Lipinski definition) is 7. The maximum absolute atomic E-state index is 12.6. The van der Waals surface area contributed by atoms with Gasteiger partial charge in [0.1, 0.15) is 11.8 Å². The van der Waals surface area contributed by atoms with Crippen LogP contribution in [0.4, 0.5) is 0 Å². The van der Waals surface area contributed by atoms with Gasteiger partial charge in [-0.25, -0.2) is 4.98 Å². The van der Waals surface area contributed by atoms with Crippen molar-refractivity contribution in [3.63, 3.8) is 0 Å². The molecule has 9 heteroatoms. The molecule has 0 spiro atoms. The van der Waals surface area contributed by atoms with Crippen LogP contribution in [-0.2, 0) is 4.79 Å². The molecule has 2 aromatic rings. The molecule has 2 aliphatic rings. The van der Waals surface area contributed by atoms with Crippen molar-refractivity contribution in [1.82, 2.24) is 15.3 Å².